The molecule has 0 bridgehead atoms. The number of hydrogen-bond donors (Lipinski definition) is 2. The third-order valence-electron chi connectivity index (χ3n) is 3.76. The highest BCUT2D eigenvalue weighted by molar-refractivity contribution is 6.30. The Kier molecular flexibility index (Phi) is 4.77. The maximum Gasteiger partial charge on any atom is 0.319 e. The fourth-order valence-electron chi connectivity index (χ4n) is 2.20. The quantitative estimate of drug-likeness (QED) is 0.820. The van der Waals surface area contributed by atoms with Gasteiger partial charge in [-0.25, -0.2) is 4.79 Å². The van der Waals surface area contributed by atoms with Gasteiger partial charge in [0, 0.05) is 10.7 Å². The zero-order valence-electron chi connectivity index (χ0n) is 13.3. The number of amides is 2. The van der Waals surface area contributed by atoms with Gasteiger partial charge in [0.05, 0.1) is 5.54 Å². The van der Waals surface area contributed by atoms with Crippen LogP contribution in [0, 0.1) is 13.8 Å². The molecule has 0 unspecified atom stereocenters. The molecule has 0 aliphatic heterocycles. The molecule has 0 saturated heterocycles. The van der Waals surface area contributed by atoms with Gasteiger partial charge in [0.2, 0.25) is 0 Å². The second-order valence-corrected chi connectivity index (χ2v) is 6.45. The smallest absolute Gasteiger partial charge is 0.319 e. The number of carbonyl (C=O) groups excluding carboxylic acids is 1. The molecule has 0 heterocycles. The average molecular weight is 317 g/mol. The number of halogens is 1. The van der Waals surface area contributed by atoms with Crippen molar-refractivity contribution in [2.45, 2.75) is 33.2 Å². The number of rotatable bonds is 3. The molecule has 2 aromatic rings. The fraction of sp³-hybridized carbons (Fsp3) is 0.278. The van der Waals surface area contributed by atoms with E-state index in [1.807, 2.05) is 70.2 Å². The molecule has 0 saturated carbocycles. The van der Waals surface area contributed by atoms with E-state index in [9.17, 15) is 4.79 Å². The van der Waals surface area contributed by atoms with Crippen LogP contribution in [-0.4, -0.2) is 6.03 Å². The molecule has 2 rings (SSSR count). The van der Waals surface area contributed by atoms with Gasteiger partial charge < -0.3 is 10.6 Å². The lowest BCUT2D eigenvalue weighted by Gasteiger charge is -2.27. The van der Waals surface area contributed by atoms with Crippen LogP contribution in [0.2, 0.25) is 5.02 Å². The lowest BCUT2D eigenvalue weighted by atomic mass is 9.94. The molecular weight excluding hydrogens is 296 g/mol. The highest BCUT2D eigenvalue weighted by Gasteiger charge is 2.22. The Morgan fingerprint density at radius 3 is 2.23 bits per heavy atom. The predicted octanol–water partition coefficient (Wildman–Crippen LogP) is 5.01. The van der Waals surface area contributed by atoms with Crippen molar-refractivity contribution in [3.05, 3.63) is 64.2 Å². The average Bonchev–Trinajstić information content (AvgIpc) is 2.42. The van der Waals surface area contributed by atoms with Crippen molar-refractivity contribution in [2.24, 2.45) is 0 Å². The van der Waals surface area contributed by atoms with Crippen LogP contribution >= 0.6 is 11.6 Å². The first kappa shape index (κ1) is 16.4. The fourth-order valence-corrected chi connectivity index (χ4v) is 2.33. The first-order valence-electron chi connectivity index (χ1n) is 7.20. The van der Waals surface area contributed by atoms with Crippen LogP contribution < -0.4 is 10.6 Å². The van der Waals surface area contributed by atoms with E-state index in [2.05, 4.69) is 10.6 Å². The van der Waals surface area contributed by atoms with Gasteiger partial charge in [0.25, 0.3) is 0 Å². The number of urea groups is 1. The summed E-state index contributed by atoms with van der Waals surface area (Å²) in [6.07, 6.45) is 0. The molecule has 3 nitrogen and oxygen atoms in total. The van der Waals surface area contributed by atoms with Crippen LogP contribution in [0.4, 0.5) is 10.5 Å². The normalized spacial score (nSPS) is 11.1. The maximum absolute atomic E-state index is 12.2. The summed E-state index contributed by atoms with van der Waals surface area (Å²) in [5.74, 6) is 0. The topological polar surface area (TPSA) is 41.1 Å². The summed E-state index contributed by atoms with van der Waals surface area (Å²) in [4.78, 5) is 12.2. The minimum atomic E-state index is -0.492. The van der Waals surface area contributed by atoms with Crippen molar-refractivity contribution in [3.8, 4) is 0 Å². The molecule has 0 radical (unpaired) electrons. The van der Waals surface area contributed by atoms with Crippen LogP contribution in [0.3, 0.4) is 0 Å². The number of carbonyl (C=O) groups is 1. The van der Waals surface area contributed by atoms with Gasteiger partial charge in [-0.1, -0.05) is 29.8 Å². The Labute approximate surface area is 136 Å². The van der Waals surface area contributed by atoms with Crippen LogP contribution in [0.25, 0.3) is 0 Å². The molecule has 0 fully saturated rings. The number of hydrogen-bond acceptors (Lipinski definition) is 1. The van der Waals surface area contributed by atoms with E-state index in [1.165, 1.54) is 5.56 Å². The van der Waals surface area contributed by atoms with Crippen LogP contribution in [0.15, 0.2) is 42.5 Å². The van der Waals surface area contributed by atoms with Gasteiger partial charge in [0.15, 0.2) is 0 Å². The molecule has 2 aromatic carbocycles. The first-order chi connectivity index (χ1) is 10.3. The van der Waals surface area contributed by atoms with Crippen LogP contribution in [-0.2, 0) is 5.54 Å². The van der Waals surface area contributed by atoms with E-state index in [4.69, 9.17) is 11.6 Å². The first-order valence-corrected chi connectivity index (χ1v) is 7.58. The summed E-state index contributed by atoms with van der Waals surface area (Å²) < 4.78 is 0. The molecular formula is C18H21ClN2O. The Hall–Kier alpha value is -2.00. The lowest BCUT2D eigenvalue weighted by molar-refractivity contribution is 0.242. The van der Waals surface area contributed by atoms with Crippen molar-refractivity contribution in [1.82, 2.24) is 5.32 Å². The summed E-state index contributed by atoms with van der Waals surface area (Å²) in [6.45, 7) is 7.98. The predicted molar refractivity (Wildman–Crippen MR) is 92.5 cm³/mol. The number of anilines is 1. The van der Waals surface area contributed by atoms with E-state index in [0.29, 0.717) is 5.02 Å². The van der Waals surface area contributed by atoms with Gasteiger partial charge in [-0.3, -0.25) is 0 Å². The van der Waals surface area contributed by atoms with Gasteiger partial charge in [-0.05, 0) is 68.7 Å². The van der Waals surface area contributed by atoms with Crippen molar-refractivity contribution in [1.29, 1.82) is 0 Å². The lowest BCUT2D eigenvalue weighted by Crippen LogP contribution is -2.43. The van der Waals surface area contributed by atoms with E-state index < -0.39 is 5.54 Å². The highest BCUT2D eigenvalue weighted by atomic mass is 35.5. The summed E-state index contributed by atoms with van der Waals surface area (Å²) >= 11 is 5.90. The third kappa shape index (κ3) is 4.01. The zero-order valence-corrected chi connectivity index (χ0v) is 14.1. The van der Waals surface area contributed by atoms with E-state index in [1.54, 1.807) is 0 Å². The van der Waals surface area contributed by atoms with Crippen LogP contribution in [0.5, 0.6) is 0 Å². The minimum absolute atomic E-state index is 0.233. The number of aryl methyl sites for hydroxylation is 2. The molecule has 0 aromatic heterocycles. The van der Waals surface area contributed by atoms with E-state index in [-0.39, 0.29) is 6.03 Å². The molecule has 2 N–H and O–H groups in total. The van der Waals surface area contributed by atoms with Crippen molar-refractivity contribution in [2.75, 3.05) is 5.32 Å². The van der Waals surface area contributed by atoms with Gasteiger partial charge in [0.1, 0.15) is 0 Å². The van der Waals surface area contributed by atoms with E-state index in [0.717, 1.165) is 16.8 Å². The van der Waals surface area contributed by atoms with Gasteiger partial charge >= 0.3 is 6.03 Å². The Bertz CT molecular complexity index is 678. The zero-order chi connectivity index (χ0) is 16.3. The number of benzene rings is 2. The molecule has 0 atom stereocenters. The molecule has 116 valence electrons. The maximum atomic E-state index is 12.2. The minimum Gasteiger partial charge on any atom is -0.329 e. The van der Waals surface area contributed by atoms with Gasteiger partial charge in [-0.2, -0.15) is 0 Å². The molecule has 0 spiro atoms. The Morgan fingerprint density at radius 2 is 1.64 bits per heavy atom. The van der Waals surface area contributed by atoms with E-state index >= 15 is 0 Å². The summed E-state index contributed by atoms with van der Waals surface area (Å²) in [5.41, 5.74) is 3.64. The summed E-state index contributed by atoms with van der Waals surface area (Å²) in [6, 6.07) is 13.1. The Balaban J connectivity index is 2.07. The summed E-state index contributed by atoms with van der Waals surface area (Å²) in [5, 5.41) is 6.53. The standard InChI is InChI=1S/C18H21ClN2O/c1-12-5-10-16(11-13(12)2)20-17(22)21-18(3,4)14-6-8-15(19)9-7-14/h5-11H,1-4H3,(H2,20,21,22). The molecule has 0 aliphatic rings. The van der Waals surface area contributed by atoms with Crippen molar-refractivity contribution < 1.29 is 4.79 Å². The van der Waals surface area contributed by atoms with Gasteiger partial charge in [-0.15, -0.1) is 0 Å². The SMILES string of the molecule is Cc1ccc(NC(=O)NC(C)(C)c2ccc(Cl)cc2)cc1C. The third-order valence-corrected chi connectivity index (χ3v) is 4.01. The number of nitrogens with one attached hydrogen (secondary N) is 2. The molecule has 22 heavy (non-hydrogen) atoms. The highest BCUT2D eigenvalue weighted by Crippen LogP contribution is 2.22. The monoisotopic (exact) mass is 316 g/mol. The second-order valence-electron chi connectivity index (χ2n) is 6.01. The van der Waals surface area contributed by atoms with Crippen molar-refractivity contribution >= 4 is 23.3 Å². The molecule has 2 amide bonds. The molecule has 0 aliphatic carbocycles. The van der Waals surface area contributed by atoms with Crippen LogP contribution in [0.1, 0.15) is 30.5 Å². The second kappa shape index (κ2) is 6.41. The largest absolute Gasteiger partial charge is 0.329 e. The summed E-state index contributed by atoms with van der Waals surface area (Å²) in [7, 11) is 0. The Morgan fingerprint density at radius 1 is 1.00 bits per heavy atom. The van der Waals surface area contributed by atoms with Crippen molar-refractivity contribution in [3.63, 3.8) is 0 Å². The molecule has 4 heteroatoms.